The number of halogens is 1. The second kappa shape index (κ2) is 5.23. The van der Waals surface area contributed by atoms with E-state index in [1.807, 2.05) is 25.1 Å². The number of fused-ring (bicyclic) bond motifs is 1. The van der Waals surface area contributed by atoms with Gasteiger partial charge in [0.2, 0.25) is 5.89 Å². The van der Waals surface area contributed by atoms with Crippen LogP contribution in [-0.4, -0.2) is 4.98 Å². The molecule has 3 aromatic rings. The van der Waals surface area contributed by atoms with Crippen LogP contribution < -0.4 is 5.63 Å². The average molecular weight is 304 g/mol. The molecular formula is C15H10ClNO2S. The Kier molecular flexibility index (Phi) is 3.42. The molecule has 0 unspecified atom stereocenters. The summed E-state index contributed by atoms with van der Waals surface area (Å²) in [4.78, 5) is 18.3. The Morgan fingerprint density at radius 3 is 2.85 bits per heavy atom. The van der Waals surface area contributed by atoms with Gasteiger partial charge in [-0.2, -0.15) is 0 Å². The lowest BCUT2D eigenvalue weighted by molar-refractivity contribution is 0.489. The zero-order chi connectivity index (χ0) is 14.1. The highest BCUT2D eigenvalue weighted by Crippen LogP contribution is 2.25. The van der Waals surface area contributed by atoms with E-state index in [-0.39, 0.29) is 5.89 Å². The molecule has 0 spiro atoms. The van der Waals surface area contributed by atoms with Gasteiger partial charge < -0.3 is 4.42 Å². The molecular weight excluding hydrogens is 294 g/mol. The van der Waals surface area contributed by atoms with Gasteiger partial charge in [0.15, 0.2) is 0 Å². The van der Waals surface area contributed by atoms with Crippen molar-refractivity contribution in [3.05, 3.63) is 62.5 Å². The maximum atomic E-state index is 11.9. The second-order valence-electron chi connectivity index (χ2n) is 4.26. The molecule has 20 heavy (non-hydrogen) atoms. The van der Waals surface area contributed by atoms with E-state index >= 15 is 0 Å². The summed E-state index contributed by atoms with van der Waals surface area (Å²) < 4.78 is 5.17. The quantitative estimate of drug-likeness (QED) is 0.709. The normalized spacial score (nSPS) is 12.0. The van der Waals surface area contributed by atoms with Crippen LogP contribution >= 0.6 is 22.9 Å². The van der Waals surface area contributed by atoms with Crippen molar-refractivity contribution >= 4 is 44.9 Å². The minimum Gasteiger partial charge on any atom is -0.402 e. The standard InChI is InChI=1S/C15H10ClNO2S/c1-9-6-7-10(20-9)8-12(16)14-17-13-5-3-2-4-11(13)15(18)19-14/h2-8H,1H3/b12-8-. The Morgan fingerprint density at radius 2 is 2.10 bits per heavy atom. The number of nitrogens with zero attached hydrogens (tertiary/aromatic N) is 1. The molecule has 2 aromatic heterocycles. The molecule has 100 valence electrons. The molecule has 0 fully saturated rings. The molecule has 0 aliphatic carbocycles. The van der Waals surface area contributed by atoms with Gasteiger partial charge in [0.1, 0.15) is 5.03 Å². The van der Waals surface area contributed by atoms with Crippen molar-refractivity contribution in [2.75, 3.05) is 0 Å². The highest BCUT2D eigenvalue weighted by molar-refractivity contribution is 7.12. The Morgan fingerprint density at radius 1 is 1.30 bits per heavy atom. The first-order valence-electron chi connectivity index (χ1n) is 5.97. The van der Waals surface area contributed by atoms with E-state index in [2.05, 4.69) is 4.98 Å². The number of para-hydroxylation sites is 1. The number of benzene rings is 1. The van der Waals surface area contributed by atoms with E-state index in [0.29, 0.717) is 15.9 Å². The number of thiophene rings is 1. The molecule has 0 aliphatic rings. The molecule has 0 amide bonds. The van der Waals surface area contributed by atoms with Crippen LogP contribution in [0.5, 0.6) is 0 Å². The van der Waals surface area contributed by atoms with Crippen molar-refractivity contribution in [2.24, 2.45) is 0 Å². The fourth-order valence-electron chi connectivity index (χ4n) is 1.84. The van der Waals surface area contributed by atoms with Crippen molar-refractivity contribution in [2.45, 2.75) is 6.92 Å². The van der Waals surface area contributed by atoms with Gasteiger partial charge in [-0.3, -0.25) is 0 Å². The largest absolute Gasteiger partial charge is 0.402 e. The Labute approximate surface area is 124 Å². The smallest absolute Gasteiger partial charge is 0.347 e. The Hall–Kier alpha value is -1.91. The second-order valence-corrected chi connectivity index (χ2v) is 5.99. The number of rotatable bonds is 2. The zero-order valence-corrected chi connectivity index (χ0v) is 12.2. The number of aromatic nitrogens is 1. The van der Waals surface area contributed by atoms with Crippen LogP contribution in [0.4, 0.5) is 0 Å². The van der Waals surface area contributed by atoms with Gasteiger partial charge >= 0.3 is 5.63 Å². The van der Waals surface area contributed by atoms with Crippen LogP contribution in [0.15, 0.2) is 45.6 Å². The number of aryl methyl sites for hydroxylation is 1. The third-order valence-electron chi connectivity index (χ3n) is 2.77. The molecule has 2 heterocycles. The predicted octanol–water partition coefficient (Wildman–Crippen LogP) is 4.29. The van der Waals surface area contributed by atoms with Gasteiger partial charge in [0.25, 0.3) is 0 Å². The first-order valence-corrected chi connectivity index (χ1v) is 7.17. The highest BCUT2D eigenvalue weighted by atomic mass is 35.5. The Bertz CT molecular complexity index is 863. The minimum absolute atomic E-state index is 0.140. The molecule has 0 saturated carbocycles. The first-order chi connectivity index (χ1) is 9.63. The summed E-state index contributed by atoms with van der Waals surface area (Å²) in [6.07, 6.45) is 1.75. The molecule has 5 heteroatoms. The first kappa shape index (κ1) is 13.1. The summed E-state index contributed by atoms with van der Waals surface area (Å²) >= 11 is 7.81. The maximum absolute atomic E-state index is 11.9. The number of hydrogen-bond acceptors (Lipinski definition) is 4. The van der Waals surface area contributed by atoms with Crippen LogP contribution in [0.1, 0.15) is 15.6 Å². The van der Waals surface area contributed by atoms with Crippen LogP contribution in [-0.2, 0) is 0 Å². The topological polar surface area (TPSA) is 43.1 Å². The van der Waals surface area contributed by atoms with Gasteiger partial charge in [-0.15, -0.1) is 11.3 Å². The van der Waals surface area contributed by atoms with Crippen molar-refractivity contribution in [1.82, 2.24) is 4.98 Å². The molecule has 0 aliphatic heterocycles. The molecule has 0 bridgehead atoms. The lowest BCUT2D eigenvalue weighted by Crippen LogP contribution is -2.03. The van der Waals surface area contributed by atoms with Crippen molar-refractivity contribution in [1.29, 1.82) is 0 Å². The summed E-state index contributed by atoms with van der Waals surface area (Å²) in [5, 5.41) is 0.766. The summed E-state index contributed by atoms with van der Waals surface area (Å²) in [6.45, 7) is 2.02. The lowest BCUT2D eigenvalue weighted by Gasteiger charge is -1.99. The van der Waals surface area contributed by atoms with Gasteiger partial charge in [-0.25, -0.2) is 9.78 Å². The molecule has 0 atom stereocenters. The third-order valence-corrected chi connectivity index (χ3v) is 3.99. The summed E-state index contributed by atoms with van der Waals surface area (Å²) in [7, 11) is 0. The van der Waals surface area contributed by atoms with Gasteiger partial charge in [-0.1, -0.05) is 23.7 Å². The molecule has 0 N–H and O–H groups in total. The fraction of sp³-hybridized carbons (Fsp3) is 0.0667. The van der Waals surface area contributed by atoms with E-state index in [1.165, 1.54) is 4.88 Å². The van der Waals surface area contributed by atoms with Gasteiger partial charge in [0.05, 0.1) is 10.9 Å². The number of hydrogen-bond donors (Lipinski definition) is 0. The average Bonchev–Trinajstić information content (AvgIpc) is 2.84. The van der Waals surface area contributed by atoms with Crippen molar-refractivity contribution in [3.8, 4) is 0 Å². The Balaban J connectivity index is 2.10. The van der Waals surface area contributed by atoms with Crippen LogP contribution in [0, 0.1) is 6.92 Å². The highest BCUT2D eigenvalue weighted by Gasteiger charge is 2.09. The van der Waals surface area contributed by atoms with Crippen molar-refractivity contribution < 1.29 is 4.42 Å². The SMILES string of the molecule is Cc1ccc(/C=C(\Cl)c2nc3ccccc3c(=O)o2)s1. The maximum Gasteiger partial charge on any atom is 0.347 e. The van der Waals surface area contributed by atoms with Crippen LogP contribution in [0.2, 0.25) is 0 Å². The molecule has 3 rings (SSSR count). The molecule has 3 nitrogen and oxygen atoms in total. The summed E-state index contributed by atoms with van der Waals surface area (Å²) in [5.41, 5.74) is 0.146. The molecule has 1 aromatic carbocycles. The van der Waals surface area contributed by atoms with Gasteiger partial charge in [0, 0.05) is 9.75 Å². The van der Waals surface area contributed by atoms with Crippen LogP contribution in [0.3, 0.4) is 0 Å². The van der Waals surface area contributed by atoms with E-state index in [0.717, 1.165) is 4.88 Å². The zero-order valence-electron chi connectivity index (χ0n) is 10.6. The summed E-state index contributed by atoms with van der Waals surface area (Å²) in [6, 6.07) is 11.0. The monoisotopic (exact) mass is 303 g/mol. The molecule has 0 radical (unpaired) electrons. The lowest BCUT2D eigenvalue weighted by atomic mass is 10.2. The van der Waals surface area contributed by atoms with Crippen molar-refractivity contribution in [3.63, 3.8) is 0 Å². The summed E-state index contributed by atoms with van der Waals surface area (Å²) in [5.74, 6) is 0.140. The third kappa shape index (κ3) is 2.53. The van der Waals surface area contributed by atoms with E-state index in [4.69, 9.17) is 16.0 Å². The minimum atomic E-state index is -0.431. The fourth-order valence-corrected chi connectivity index (χ4v) is 2.92. The predicted molar refractivity (Wildman–Crippen MR) is 83.1 cm³/mol. The molecule has 0 saturated heterocycles. The van der Waals surface area contributed by atoms with E-state index in [9.17, 15) is 4.79 Å². The van der Waals surface area contributed by atoms with E-state index < -0.39 is 5.63 Å². The van der Waals surface area contributed by atoms with Gasteiger partial charge in [-0.05, 0) is 37.3 Å². The van der Waals surface area contributed by atoms with Crippen LogP contribution in [0.25, 0.3) is 22.0 Å². The van der Waals surface area contributed by atoms with E-state index in [1.54, 1.807) is 35.6 Å².